The molecule has 0 amide bonds. The maximum atomic E-state index is 10.8. The lowest BCUT2D eigenvalue weighted by atomic mass is 10.1. The van der Waals surface area contributed by atoms with E-state index in [2.05, 4.69) is 6.07 Å². The molecule has 2 aromatic rings. The van der Waals surface area contributed by atoms with Crippen LogP contribution < -0.4 is 0 Å². The second kappa shape index (κ2) is 3.67. The maximum absolute atomic E-state index is 10.8. The van der Waals surface area contributed by atoms with Gasteiger partial charge in [0, 0.05) is 16.6 Å². The van der Waals surface area contributed by atoms with Crippen LogP contribution in [-0.2, 0) is 11.3 Å². The van der Waals surface area contributed by atoms with Crippen molar-refractivity contribution in [3.8, 4) is 0 Å². The van der Waals surface area contributed by atoms with Crippen molar-refractivity contribution >= 4 is 16.9 Å². The number of aryl methyl sites for hydroxylation is 2. The summed E-state index contributed by atoms with van der Waals surface area (Å²) in [5.74, 6) is -0.805. The van der Waals surface area contributed by atoms with Gasteiger partial charge >= 0.3 is 5.97 Å². The largest absolute Gasteiger partial charge is 0.480 e. The molecule has 0 aliphatic heterocycles. The summed E-state index contributed by atoms with van der Waals surface area (Å²) < 4.78 is 1.85. The minimum absolute atomic E-state index is 0.0270. The van der Waals surface area contributed by atoms with E-state index in [4.69, 9.17) is 5.11 Å². The van der Waals surface area contributed by atoms with Gasteiger partial charge in [-0.1, -0.05) is 11.6 Å². The summed E-state index contributed by atoms with van der Waals surface area (Å²) in [5, 5.41) is 10.0. The van der Waals surface area contributed by atoms with Gasteiger partial charge in [0.2, 0.25) is 0 Å². The third kappa shape index (κ3) is 1.58. The number of aromatic nitrogens is 1. The van der Waals surface area contributed by atoms with Crippen LogP contribution in [0.15, 0.2) is 18.2 Å². The maximum Gasteiger partial charge on any atom is 0.323 e. The standard InChI is InChI=1S/C13H15NO2/c1-8-4-5-12-11(6-8)9(2)10(3)14(12)7-13(15)16/h4-6H,7H2,1-3H3,(H,15,16). The van der Waals surface area contributed by atoms with E-state index in [9.17, 15) is 4.79 Å². The molecule has 0 aliphatic carbocycles. The van der Waals surface area contributed by atoms with E-state index in [1.807, 2.05) is 37.5 Å². The monoisotopic (exact) mass is 217 g/mol. The average Bonchev–Trinajstić information content (AvgIpc) is 2.43. The van der Waals surface area contributed by atoms with Crippen molar-refractivity contribution < 1.29 is 9.90 Å². The number of carboxylic acids is 1. The predicted molar refractivity (Wildman–Crippen MR) is 63.8 cm³/mol. The fourth-order valence-electron chi connectivity index (χ4n) is 2.10. The first kappa shape index (κ1) is 10.7. The summed E-state index contributed by atoms with van der Waals surface area (Å²) in [7, 11) is 0. The van der Waals surface area contributed by atoms with Crippen LogP contribution in [0.2, 0.25) is 0 Å². The number of rotatable bonds is 2. The van der Waals surface area contributed by atoms with Gasteiger partial charge < -0.3 is 9.67 Å². The fourth-order valence-corrected chi connectivity index (χ4v) is 2.10. The van der Waals surface area contributed by atoms with Crippen LogP contribution in [0.1, 0.15) is 16.8 Å². The molecule has 3 nitrogen and oxygen atoms in total. The molecule has 1 heterocycles. The van der Waals surface area contributed by atoms with E-state index in [0.29, 0.717) is 0 Å². The molecule has 16 heavy (non-hydrogen) atoms. The number of hydrogen-bond acceptors (Lipinski definition) is 1. The summed E-state index contributed by atoms with van der Waals surface area (Å²) >= 11 is 0. The van der Waals surface area contributed by atoms with Gasteiger partial charge in [-0.05, 0) is 38.5 Å². The van der Waals surface area contributed by atoms with Crippen LogP contribution in [0.25, 0.3) is 10.9 Å². The number of aliphatic carboxylic acids is 1. The van der Waals surface area contributed by atoms with E-state index in [0.717, 1.165) is 16.6 Å². The highest BCUT2D eigenvalue weighted by atomic mass is 16.4. The molecule has 2 rings (SSSR count). The number of benzene rings is 1. The minimum atomic E-state index is -0.805. The molecule has 0 bridgehead atoms. The highest BCUT2D eigenvalue weighted by molar-refractivity contribution is 5.87. The normalized spacial score (nSPS) is 10.9. The summed E-state index contributed by atoms with van der Waals surface area (Å²) in [6, 6.07) is 6.11. The van der Waals surface area contributed by atoms with E-state index >= 15 is 0 Å². The molecular weight excluding hydrogens is 202 g/mol. The molecule has 0 saturated heterocycles. The minimum Gasteiger partial charge on any atom is -0.480 e. The highest BCUT2D eigenvalue weighted by Gasteiger charge is 2.12. The molecule has 0 fully saturated rings. The van der Waals surface area contributed by atoms with Gasteiger partial charge in [0.25, 0.3) is 0 Å². The number of nitrogens with zero attached hydrogens (tertiary/aromatic N) is 1. The topological polar surface area (TPSA) is 42.2 Å². The molecule has 0 saturated carbocycles. The number of hydrogen-bond donors (Lipinski definition) is 1. The highest BCUT2D eigenvalue weighted by Crippen LogP contribution is 2.25. The molecule has 1 N–H and O–H groups in total. The van der Waals surface area contributed by atoms with Gasteiger partial charge in [0.1, 0.15) is 6.54 Å². The average molecular weight is 217 g/mol. The summed E-state index contributed by atoms with van der Waals surface area (Å²) in [6.07, 6.45) is 0. The van der Waals surface area contributed by atoms with E-state index in [1.165, 1.54) is 11.1 Å². The lowest BCUT2D eigenvalue weighted by Gasteiger charge is -2.04. The van der Waals surface area contributed by atoms with Crippen LogP contribution in [0.4, 0.5) is 0 Å². The van der Waals surface area contributed by atoms with Crippen LogP contribution in [-0.4, -0.2) is 15.6 Å². The second-order valence-electron chi connectivity index (χ2n) is 4.21. The lowest BCUT2D eigenvalue weighted by Crippen LogP contribution is -2.09. The van der Waals surface area contributed by atoms with Gasteiger partial charge in [-0.15, -0.1) is 0 Å². The Balaban J connectivity index is 2.73. The molecule has 0 aliphatic rings. The summed E-state index contributed by atoms with van der Waals surface area (Å²) in [4.78, 5) is 10.8. The van der Waals surface area contributed by atoms with Gasteiger partial charge in [0.05, 0.1) is 0 Å². The molecule has 0 unspecified atom stereocenters. The Morgan fingerprint density at radius 3 is 2.62 bits per heavy atom. The second-order valence-corrected chi connectivity index (χ2v) is 4.21. The zero-order valence-electron chi connectivity index (χ0n) is 9.74. The first-order valence-corrected chi connectivity index (χ1v) is 5.28. The first-order chi connectivity index (χ1) is 7.50. The van der Waals surface area contributed by atoms with Crippen LogP contribution in [0, 0.1) is 20.8 Å². The molecule has 84 valence electrons. The Kier molecular flexibility index (Phi) is 2.46. The van der Waals surface area contributed by atoms with Crippen LogP contribution in [0.3, 0.4) is 0 Å². The number of fused-ring (bicyclic) bond motifs is 1. The molecule has 0 atom stereocenters. The third-order valence-corrected chi connectivity index (χ3v) is 3.09. The third-order valence-electron chi connectivity index (χ3n) is 3.09. The number of carboxylic acid groups (broad SMARTS) is 1. The first-order valence-electron chi connectivity index (χ1n) is 5.28. The fraction of sp³-hybridized carbons (Fsp3) is 0.308. The predicted octanol–water partition coefficient (Wildman–Crippen LogP) is 2.65. The Morgan fingerprint density at radius 2 is 2.00 bits per heavy atom. The molecule has 1 aromatic heterocycles. The van der Waals surface area contributed by atoms with Crippen molar-refractivity contribution in [2.45, 2.75) is 27.3 Å². The van der Waals surface area contributed by atoms with Crippen molar-refractivity contribution in [2.24, 2.45) is 0 Å². The Hall–Kier alpha value is -1.77. The van der Waals surface area contributed by atoms with Crippen molar-refractivity contribution in [1.82, 2.24) is 4.57 Å². The SMILES string of the molecule is Cc1ccc2c(c1)c(C)c(C)n2CC(=O)O. The van der Waals surface area contributed by atoms with Crippen LogP contribution >= 0.6 is 0 Å². The van der Waals surface area contributed by atoms with E-state index in [-0.39, 0.29) is 6.54 Å². The molecule has 3 heteroatoms. The van der Waals surface area contributed by atoms with E-state index in [1.54, 1.807) is 0 Å². The van der Waals surface area contributed by atoms with E-state index < -0.39 is 5.97 Å². The zero-order valence-corrected chi connectivity index (χ0v) is 9.74. The Morgan fingerprint density at radius 1 is 1.31 bits per heavy atom. The van der Waals surface area contributed by atoms with Gasteiger partial charge in [-0.25, -0.2) is 0 Å². The Bertz CT molecular complexity index is 567. The van der Waals surface area contributed by atoms with Crippen molar-refractivity contribution in [1.29, 1.82) is 0 Å². The molecular formula is C13H15NO2. The molecule has 1 aromatic carbocycles. The number of carbonyl (C=O) groups is 1. The van der Waals surface area contributed by atoms with Crippen LogP contribution in [0.5, 0.6) is 0 Å². The summed E-state index contributed by atoms with van der Waals surface area (Å²) in [6.45, 7) is 6.07. The van der Waals surface area contributed by atoms with Crippen molar-refractivity contribution in [2.75, 3.05) is 0 Å². The van der Waals surface area contributed by atoms with Gasteiger partial charge in [-0.2, -0.15) is 0 Å². The summed E-state index contributed by atoms with van der Waals surface area (Å²) in [5.41, 5.74) is 4.40. The smallest absolute Gasteiger partial charge is 0.323 e. The van der Waals surface area contributed by atoms with Crippen molar-refractivity contribution in [3.63, 3.8) is 0 Å². The zero-order chi connectivity index (χ0) is 11.9. The molecule has 0 radical (unpaired) electrons. The van der Waals surface area contributed by atoms with Crippen molar-refractivity contribution in [3.05, 3.63) is 35.0 Å². The molecule has 0 spiro atoms. The lowest BCUT2D eigenvalue weighted by molar-refractivity contribution is -0.137. The Labute approximate surface area is 94.3 Å². The quantitative estimate of drug-likeness (QED) is 0.840. The van der Waals surface area contributed by atoms with Gasteiger partial charge in [0.15, 0.2) is 0 Å². The van der Waals surface area contributed by atoms with Gasteiger partial charge in [-0.3, -0.25) is 4.79 Å².